The molecule has 0 spiro atoms. The molecule has 2 aliphatic heterocycles. The molecule has 1 fully saturated rings. The van der Waals surface area contributed by atoms with Crippen molar-refractivity contribution in [2.45, 2.75) is 38.4 Å². The number of carbonyl (C=O) groups is 2. The molecule has 2 N–H and O–H groups in total. The normalized spacial score (nSPS) is 18.4. The minimum absolute atomic E-state index is 0.00535. The Morgan fingerprint density at radius 3 is 2.71 bits per heavy atom. The highest BCUT2D eigenvalue weighted by Crippen LogP contribution is 2.28. The monoisotopic (exact) mass is 385 g/mol. The summed E-state index contributed by atoms with van der Waals surface area (Å²) in [6, 6.07) is 5.63. The number of rotatable bonds is 3. The summed E-state index contributed by atoms with van der Waals surface area (Å²) in [6.45, 7) is 1.15. The highest BCUT2D eigenvalue weighted by Gasteiger charge is 2.37. The van der Waals surface area contributed by atoms with Crippen LogP contribution in [0.1, 0.15) is 45.7 Å². The number of hydrogen-bond donors (Lipinski definition) is 2. The van der Waals surface area contributed by atoms with E-state index in [9.17, 15) is 23.9 Å². The van der Waals surface area contributed by atoms with Gasteiger partial charge >= 0.3 is 0 Å². The minimum atomic E-state index is -0.869. The van der Waals surface area contributed by atoms with Crippen LogP contribution < -0.4 is 10.7 Å². The zero-order chi connectivity index (χ0) is 19.8. The lowest BCUT2D eigenvalue weighted by Gasteiger charge is -2.40. The molecule has 1 aromatic heterocycles. The highest BCUT2D eigenvalue weighted by molar-refractivity contribution is 5.99. The number of nitrogens with one attached hydrogen (secondary N) is 1. The molecule has 4 rings (SSSR count). The lowest BCUT2D eigenvalue weighted by atomic mass is 9.98. The number of piperidine rings is 1. The summed E-state index contributed by atoms with van der Waals surface area (Å²) in [5.74, 6) is -2.10. The van der Waals surface area contributed by atoms with Crippen LogP contribution in [0.15, 0.2) is 35.3 Å². The number of fused-ring (bicyclic) bond motifs is 2. The van der Waals surface area contributed by atoms with E-state index in [1.807, 2.05) is 0 Å². The topological polar surface area (TPSA) is 91.6 Å². The van der Waals surface area contributed by atoms with Gasteiger partial charge in [-0.1, -0.05) is 12.1 Å². The number of amides is 2. The van der Waals surface area contributed by atoms with Crippen LogP contribution in [0.5, 0.6) is 5.75 Å². The third-order valence-electron chi connectivity index (χ3n) is 5.37. The van der Waals surface area contributed by atoms with Crippen molar-refractivity contribution in [2.24, 2.45) is 0 Å². The summed E-state index contributed by atoms with van der Waals surface area (Å²) in [4.78, 5) is 39.4. The SMILES string of the molecule is O=C(NCc1ccc(F)cc1)c1cn2c(c(O)c1=O)C(=O)N1CCCCC1C2. The van der Waals surface area contributed by atoms with E-state index in [0.717, 1.165) is 19.3 Å². The molecule has 1 aromatic carbocycles. The second kappa shape index (κ2) is 7.10. The summed E-state index contributed by atoms with van der Waals surface area (Å²) in [5.41, 5.74) is -0.476. The van der Waals surface area contributed by atoms with E-state index in [0.29, 0.717) is 18.7 Å². The summed E-state index contributed by atoms with van der Waals surface area (Å²) in [5, 5.41) is 12.9. The second-order valence-corrected chi connectivity index (χ2v) is 7.18. The van der Waals surface area contributed by atoms with E-state index in [4.69, 9.17) is 0 Å². The summed E-state index contributed by atoms with van der Waals surface area (Å²) >= 11 is 0. The van der Waals surface area contributed by atoms with Gasteiger partial charge in [0.15, 0.2) is 11.4 Å². The van der Waals surface area contributed by atoms with Crippen LogP contribution in [0.3, 0.4) is 0 Å². The molecule has 3 heterocycles. The second-order valence-electron chi connectivity index (χ2n) is 7.18. The number of nitrogens with zero attached hydrogens (tertiary/aromatic N) is 2. The van der Waals surface area contributed by atoms with Gasteiger partial charge in [0.25, 0.3) is 11.8 Å². The van der Waals surface area contributed by atoms with Gasteiger partial charge in [-0.15, -0.1) is 0 Å². The Morgan fingerprint density at radius 1 is 1.21 bits per heavy atom. The predicted octanol–water partition coefficient (Wildman–Crippen LogP) is 1.63. The first kappa shape index (κ1) is 18.2. The smallest absolute Gasteiger partial charge is 0.274 e. The van der Waals surface area contributed by atoms with E-state index in [1.54, 1.807) is 4.90 Å². The molecule has 7 nitrogen and oxygen atoms in total. The van der Waals surface area contributed by atoms with Crippen molar-refractivity contribution in [3.63, 3.8) is 0 Å². The van der Waals surface area contributed by atoms with Gasteiger partial charge in [-0.3, -0.25) is 14.4 Å². The van der Waals surface area contributed by atoms with Gasteiger partial charge in [-0.05, 0) is 37.0 Å². The van der Waals surface area contributed by atoms with Crippen molar-refractivity contribution in [1.82, 2.24) is 14.8 Å². The largest absolute Gasteiger partial charge is 0.503 e. The zero-order valence-corrected chi connectivity index (χ0v) is 15.2. The first-order chi connectivity index (χ1) is 13.5. The predicted molar refractivity (Wildman–Crippen MR) is 98.6 cm³/mol. The van der Waals surface area contributed by atoms with Crippen LogP contribution in [0.25, 0.3) is 0 Å². The van der Waals surface area contributed by atoms with Gasteiger partial charge in [0.2, 0.25) is 5.43 Å². The third kappa shape index (κ3) is 3.15. The summed E-state index contributed by atoms with van der Waals surface area (Å²) < 4.78 is 14.5. The van der Waals surface area contributed by atoms with Gasteiger partial charge in [0, 0.05) is 31.9 Å². The Kier molecular flexibility index (Phi) is 4.62. The van der Waals surface area contributed by atoms with Crippen molar-refractivity contribution in [2.75, 3.05) is 6.54 Å². The Bertz CT molecular complexity index is 1000. The van der Waals surface area contributed by atoms with Crippen molar-refractivity contribution in [3.8, 4) is 5.75 Å². The number of hydrogen-bond acceptors (Lipinski definition) is 4. The molecule has 0 radical (unpaired) electrons. The number of carbonyl (C=O) groups excluding carboxylic acids is 2. The van der Waals surface area contributed by atoms with Gasteiger partial charge in [-0.25, -0.2) is 4.39 Å². The van der Waals surface area contributed by atoms with Crippen LogP contribution >= 0.6 is 0 Å². The van der Waals surface area contributed by atoms with Crippen LogP contribution in [0.4, 0.5) is 4.39 Å². The molecule has 0 aliphatic carbocycles. The minimum Gasteiger partial charge on any atom is -0.503 e. The van der Waals surface area contributed by atoms with E-state index in [1.165, 1.54) is 35.0 Å². The van der Waals surface area contributed by atoms with Gasteiger partial charge in [0.05, 0.1) is 0 Å². The molecule has 2 amide bonds. The van der Waals surface area contributed by atoms with Gasteiger partial charge < -0.3 is 19.9 Å². The van der Waals surface area contributed by atoms with Gasteiger partial charge in [0.1, 0.15) is 11.4 Å². The van der Waals surface area contributed by atoms with E-state index in [-0.39, 0.29) is 35.6 Å². The van der Waals surface area contributed by atoms with Crippen LogP contribution in [-0.2, 0) is 13.1 Å². The molecular weight excluding hydrogens is 365 g/mol. The maximum absolute atomic E-state index is 13.0. The molecular formula is C20H20FN3O4. The Balaban J connectivity index is 1.61. The van der Waals surface area contributed by atoms with E-state index >= 15 is 0 Å². The number of aromatic nitrogens is 1. The van der Waals surface area contributed by atoms with E-state index < -0.39 is 17.1 Å². The number of benzene rings is 1. The fraction of sp³-hybridized carbons (Fsp3) is 0.350. The van der Waals surface area contributed by atoms with Crippen LogP contribution in [0.2, 0.25) is 0 Å². The van der Waals surface area contributed by atoms with Crippen LogP contribution in [-0.4, -0.2) is 39.0 Å². The van der Waals surface area contributed by atoms with Crippen molar-refractivity contribution < 1.29 is 19.1 Å². The summed E-state index contributed by atoms with van der Waals surface area (Å²) in [7, 11) is 0. The maximum atomic E-state index is 13.0. The average molecular weight is 385 g/mol. The van der Waals surface area contributed by atoms with E-state index in [2.05, 4.69) is 5.32 Å². The Labute approximate surface area is 160 Å². The molecule has 2 aromatic rings. The standard InChI is InChI=1S/C20H20FN3O4/c21-13-6-4-12(5-7-13)9-22-19(27)15-11-23-10-14-3-1-2-8-24(14)20(28)16(23)18(26)17(15)25/h4-7,11,14,26H,1-3,8-10H2,(H,22,27). The molecule has 2 aliphatic rings. The average Bonchev–Trinajstić information content (AvgIpc) is 2.70. The maximum Gasteiger partial charge on any atom is 0.274 e. The number of halogens is 1. The third-order valence-corrected chi connectivity index (χ3v) is 5.37. The molecule has 1 unspecified atom stereocenters. The fourth-order valence-electron chi connectivity index (χ4n) is 3.88. The number of pyridine rings is 1. The Hall–Kier alpha value is -3.16. The number of aromatic hydroxyl groups is 1. The van der Waals surface area contributed by atoms with Crippen molar-refractivity contribution in [1.29, 1.82) is 0 Å². The molecule has 1 saturated heterocycles. The van der Waals surface area contributed by atoms with Crippen molar-refractivity contribution >= 4 is 11.8 Å². The Morgan fingerprint density at radius 2 is 1.96 bits per heavy atom. The molecule has 1 atom stereocenters. The first-order valence-electron chi connectivity index (χ1n) is 9.25. The molecule has 0 saturated carbocycles. The zero-order valence-electron chi connectivity index (χ0n) is 15.2. The van der Waals surface area contributed by atoms with Gasteiger partial charge in [-0.2, -0.15) is 0 Å². The van der Waals surface area contributed by atoms with Crippen molar-refractivity contribution in [3.05, 3.63) is 63.3 Å². The lowest BCUT2D eigenvalue weighted by Crippen LogP contribution is -2.51. The summed E-state index contributed by atoms with van der Waals surface area (Å²) in [6.07, 6.45) is 4.11. The molecule has 0 bridgehead atoms. The highest BCUT2D eigenvalue weighted by atomic mass is 19.1. The molecule has 146 valence electrons. The fourth-order valence-corrected chi connectivity index (χ4v) is 3.88. The quantitative estimate of drug-likeness (QED) is 0.840. The first-order valence-corrected chi connectivity index (χ1v) is 9.25. The lowest BCUT2D eigenvalue weighted by molar-refractivity contribution is 0.0504. The molecule has 28 heavy (non-hydrogen) atoms. The molecule has 8 heteroatoms. The van der Waals surface area contributed by atoms with Crippen LogP contribution in [0, 0.1) is 5.82 Å².